The average Bonchev–Trinajstić information content (AvgIpc) is 3.37. The number of benzene rings is 2. The smallest absolute Gasteiger partial charge is 0.347 e. The van der Waals surface area contributed by atoms with Crippen LogP contribution in [0.25, 0.3) is 22.0 Å². The van der Waals surface area contributed by atoms with Crippen LogP contribution in [0.3, 0.4) is 0 Å². The van der Waals surface area contributed by atoms with Crippen LogP contribution in [0, 0.1) is 11.3 Å². The van der Waals surface area contributed by atoms with E-state index in [0.29, 0.717) is 18.5 Å². The van der Waals surface area contributed by atoms with Crippen molar-refractivity contribution in [3.05, 3.63) is 59.8 Å². The normalized spacial score (nSPS) is 20.0. The third-order valence-corrected chi connectivity index (χ3v) is 8.48. The molecule has 3 atom stereocenters. The number of hydrogen-bond donors (Lipinski definition) is 1. The van der Waals surface area contributed by atoms with E-state index >= 15 is 0 Å². The predicted molar refractivity (Wildman–Crippen MR) is 130 cm³/mol. The van der Waals surface area contributed by atoms with Crippen LogP contribution in [0.4, 0.5) is 13.2 Å². The van der Waals surface area contributed by atoms with Gasteiger partial charge in [0.05, 0.1) is 10.8 Å². The first-order valence-corrected chi connectivity index (χ1v) is 13.0. The summed E-state index contributed by atoms with van der Waals surface area (Å²) >= 11 is 0. The lowest BCUT2D eigenvalue weighted by atomic mass is 9.96. The van der Waals surface area contributed by atoms with Gasteiger partial charge in [0, 0.05) is 29.7 Å². The average molecular weight is 493 g/mol. The summed E-state index contributed by atoms with van der Waals surface area (Å²) in [5, 5.41) is 0.472. The van der Waals surface area contributed by atoms with Gasteiger partial charge in [0.15, 0.2) is 0 Å². The van der Waals surface area contributed by atoms with E-state index in [2.05, 4.69) is 25.5 Å². The first kappa shape index (κ1) is 24.8. The highest BCUT2D eigenvalue weighted by molar-refractivity contribution is 7.90. The number of alkyl halides is 3. The first-order chi connectivity index (χ1) is 15.7. The summed E-state index contributed by atoms with van der Waals surface area (Å²) in [6, 6.07) is 10.4. The molecule has 1 aromatic heterocycles. The molecule has 0 aliphatic heterocycles. The highest BCUT2D eigenvalue weighted by Gasteiger charge is 2.44. The molecular weight excluding hydrogens is 461 g/mol. The fourth-order valence-electron chi connectivity index (χ4n) is 4.57. The largest absolute Gasteiger partial charge is 0.417 e. The van der Waals surface area contributed by atoms with Crippen LogP contribution in [0.15, 0.2) is 48.7 Å². The second kappa shape index (κ2) is 8.41. The van der Waals surface area contributed by atoms with Crippen LogP contribution in [0.1, 0.15) is 58.2 Å². The Kier molecular flexibility index (Phi) is 6.13. The third kappa shape index (κ3) is 5.03. The second-order valence-corrected chi connectivity index (χ2v) is 12.6. The van der Waals surface area contributed by atoms with Gasteiger partial charge in [-0.05, 0) is 53.5 Å². The molecule has 1 aliphatic carbocycles. The highest BCUT2D eigenvalue weighted by atomic mass is 32.2. The van der Waals surface area contributed by atoms with Crippen LogP contribution in [-0.2, 0) is 22.7 Å². The molecule has 8 heteroatoms. The molecule has 0 bridgehead atoms. The van der Waals surface area contributed by atoms with Crippen molar-refractivity contribution in [3.8, 4) is 11.1 Å². The lowest BCUT2D eigenvalue weighted by Gasteiger charge is -2.20. The molecule has 1 aliphatic rings. The third-order valence-electron chi connectivity index (χ3n) is 6.34. The number of rotatable bonds is 6. The number of aromatic nitrogens is 1. The van der Waals surface area contributed by atoms with Crippen molar-refractivity contribution in [2.75, 3.05) is 0 Å². The molecule has 3 aromatic rings. The molecular formula is C26H31F3N2O2S. The number of nitrogens with zero attached hydrogens (tertiary/aromatic N) is 1. The molecule has 2 aromatic carbocycles. The Labute approximate surface area is 199 Å². The van der Waals surface area contributed by atoms with Crippen molar-refractivity contribution in [1.82, 2.24) is 9.29 Å². The van der Waals surface area contributed by atoms with Crippen molar-refractivity contribution >= 4 is 20.9 Å². The van der Waals surface area contributed by atoms with Gasteiger partial charge in [-0.25, -0.2) is 13.1 Å². The summed E-state index contributed by atoms with van der Waals surface area (Å²) in [7, 11) is -3.44. The Morgan fingerprint density at radius 3 is 2.35 bits per heavy atom. The Hall–Kier alpha value is -2.32. The van der Waals surface area contributed by atoms with Gasteiger partial charge in [-0.15, -0.1) is 0 Å². The molecule has 1 N–H and O–H groups in total. The minimum atomic E-state index is -4.46. The van der Waals surface area contributed by atoms with E-state index in [4.69, 9.17) is 0 Å². The van der Waals surface area contributed by atoms with Crippen LogP contribution in [-0.4, -0.2) is 18.2 Å². The van der Waals surface area contributed by atoms with Crippen LogP contribution in [0.5, 0.6) is 0 Å². The molecule has 184 valence electrons. The van der Waals surface area contributed by atoms with Gasteiger partial charge in [-0.3, -0.25) is 0 Å². The Balaban J connectivity index is 1.81. The van der Waals surface area contributed by atoms with Gasteiger partial charge in [0.2, 0.25) is 10.0 Å². The van der Waals surface area contributed by atoms with E-state index in [1.807, 2.05) is 24.6 Å². The molecule has 34 heavy (non-hydrogen) atoms. The van der Waals surface area contributed by atoms with Gasteiger partial charge < -0.3 is 4.57 Å². The highest BCUT2D eigenvalue weighted by Crippen LogP contribution is 2.40. The minimum Gasteiger partial charge on any atom is -0.347 e. The second-order valence-electron chi connectivity index (χ2n) is 10.7. The zero-order chi connectivity index (χ0) is 25.1. The molecule has 1 heterocycles. The lowest BCUT2D eigenvalue weighted by molar-refractivity contribution is -0.137. The summed E-state index contributed by atoms with van der Waals surface area (Å²) in [5.74, 6) is 0.156. The maximum atomic E-state index is 13.6. The quantitative estimate of drug-likeness (QED) is 0.413. The number of halogens is 3. The minimum absolute atomic E-state index is 0.0880. The fraction of sp³-hybridized carbons (Fsp3) is 0.462. The summed E-state index contributed by atoms with van der Waals surface area (Å²) < 4.78 is 71.2. The Morgan fingerprint density at radius 2 is 1.76 bits per heavy atom. The number of hydrogen-bond acceptors (Lipinski definition) is 2. The van der Waals surface area contributed by atoms with Gasteiger partial charge in [-0.1, -0.05) is 58.0 Å². The van der Waals surface area contributed by atoms with Gasteiger partial charge in [0.1, 0.15) is 0 Å². The summed E-state index contributed by atoms with van der Waals surface area (Å²) in [6.45, 7) is 10.6. The van der Waals surface area contributed by atoms with Crippen molar-refractivity contribution in [3.63, 3.8) is 0 Å². The summed E-state index contributed by atoms with van der Waals surface area (Å²) in [6.07, 6.45) is -1.87. The van der Waals surface area contributed by atoms with E-state index in [-0.39, 0.29) is 22.1 Å². The van der Waals surface area contributed by atoms with Crippen molar-refractivity contribution < 1.29 is 21.6 Å². The summed E-state index contributed by atoms with van der Waals surface area (Å²) in [4.78, 5) is 0. The molecule has 1 saturated carbocycles. The molecule has 1 unspecified atom stereocenters. The van der Waals surface area contributed by atoms with E-state index in [1.165, 1.54) is 12.1 Å². The van der Waals surface area contributed by atoms with Gasteiger partial charge in [-0.2, -0.15) is 13.2 Å². The van der Waals surface area contributed by atoms with E-state index in [0.717, 1.165) is 22.5 Å². The molecule has 1 fully saturated rings. The first-order valence-electron chi connectivity index (χ1n) is 11.5. The van der Waals surface area contributed by atoms with Crippen LogP contribution < -0.4 is 4.72 Å². The summed E-state index contributed by atoms with van der Waals surface area (Å²) in [5.41, 5.74) is 1.42. The van der Waals surface area contributed by atoms with Crippen LogP contribution in [0.2, 0.25) is 0 Å². The van der Waals surface area contributed by atoms with Crippen molar-refractivity contribution in [1.29, 1.82) is 0 Å². The molecule has 0 saturated heterocycles. The molecule has 0 amide bonds. The fourth-order valence-corrected chi connectivity index (χ4v) is 6.54. The number of sulfonamides is 1. The maximum Gasteiger partial charge on any atom is 0.417 e. The zero-order valence-electron chi connectivity index (χ0n) is 20.1. The monoisotopic (exact) mass is 492 g/mol. The van der Waals surface area contributed by atoms with Crippen LogP contribution >= 0.6 is 0 Å². The molecule has 0 spiro atoms. The zero-order valence-corrected chi connectivity index (χ0v) is 20.9. The standard InChI is InChI=1S/C26H31F3N2O2S/c1-16-12-24(16)34(32,33)30-17(2)21-14-31(15-25(3,4)5)23-13-18(10-11-20(21)23)19-8-6-7-9-22(19)26(27,28)29/h6-11,13-14,16-17,24,30H,12,15H2,1-5H3/t16-,17+,24?/m0/s1. The predicted octanol–water partition coefficient (Wildman–Crippen LogP) is 6.76. The van der Waals surface area contributed by atoms with Crippen molar-refractivity contribution in [2.24, 2.45) is 11.3 Å². The molecule has 4 rings (SSSR count). The topological polar surface area (TPSA) is 51.1 Å². The Bertz CT molecular complexity index is 1320. The van der Waals surface area contributed by atoms with Gasteiger partial charge >= 0.3 is 6.18 Å². The maximum absolute atomic E-state index is 13.6. The van der Waals surface area contributed by atoms with Gasteiger partial charge in [0.25, 0.3) is 0 Å². The van der Waals surface area contributed by atoms with E-state index < -0.39 is 27.8 Å². The number of nitrogens with one attached hydrogen (secondary N) is 1. The SMILES string of the molecule is C[C@@H](NS(=O)(=O)C1C[C@@H]1C)c1cn(CC(C)(C)C)c2cc(-c3ccccc3C(F)(F)F)ccc12. The lowest BCUT2D eigenvalue weighted by Crippen LogP contribution is -2.30. The molecule has 4 nitrogen and oxygen atoms in total. The number of fused-ring (bicyclic) bond motifs is 1. The van der Waals surface area contributed by atoms with E-state index in [9.17, 15) is 21.6 Å². The molecule has 0 radical (unpaired) electrons. The van der Waals surface area contributed by atoms with E-state index in [1.54, 1.807) is 24.3 Å². The Morgan fingerprint density at radius 1 is 1.12 bits per heavy atom. The van der Waals surface area contributed by atoms with Crippen molar-refractivity contribution in [2.45, 2.75) is 65.1 Å².